The van der Waals surface area contributed by atoms with Gasteiger partial charge in [-0.05, 0) is 151 Å². The fraction of sp³-hybridized carbons (Fsp3) is 0.0649. The first-order chi connectivity index (χ1) is 39.1. The summed E-state index contributed by atoms with van der Waals surface area (Å²) in [6.07, 6.45) is 13.9. The van der Waals surface area contributed by atoms with E-state index in [1.165, 1.54) is 169 Å². The van der Waals surface area contributed by atoms with Gasteiger partial charge in [-0.15, -0.1) is 0 Å². The fourth-order valence-corrected chi connectivity index (χ4v) is 13.8. The van der Waals surface area contributed by atoms with E-state index in [9.17, 15) is 0 Å². The summed E-state index contributed by atoms with van der Waals surface area (Å²) < 4.78 is 4.86. The highest BCUT2D eigenvalue weighted by Crippen LogP contribution is 2.58. The fourth-order valence-electron chi connectivity index (χ4n) is 13.8. The molecule has 0 atom stereocenters. The lowest BCUT2D eigenvalue weighted by Crippen LogP contribution is -2.20. The Hall–Kier alpha value is -9.76. The van der Waals surface area contributed by atoms with Gasteiger partial charge in [-0.1, -0.05) is 231 Å². The van der Waals surface area contributed by atoms with Crippen molar-refractivity contribution < 1.29 is 0 Å². The monoisotopic (exact) mass is 1010 g/mol. The zero-order valence-corrected chi connectivity index (χ0v) is 43.8. The van der Waals surface area contributed by atoms with E-state index in [1.54, 1.807) is 0 Å². The van der Waals surface area contributed by atoms with E-state index in [1.807, 2.05) is 0 Å². The molecule has 12 aromatic carbocycles. The number of para-hydroxylation sites is 2. The van der Waals surface area contributed by atoms with Gasteiger partial charge in [-0.2, -0.15) is 0 Å². The number of hydrogen-bond donors (Lipinski definition) is 0. The number of rotatable bonds is 8. The maximum absolute atomic E-state index is 2.52. The van der Waals surface area contributed by atoms with Crippen LogP contribution in [0.1, 0.15) is 59.1 Å². The predicted octanol–water partition coefficient (Wildman–Crippen LogP) is 20.7. The molecule has 0 amide bonds. The molecule has 79 heavy (non-hydrogen) atoms. The second kappa shape index (κ2) is 18.2. The Kier molecular flexibility index (Phi) is 10.5. The second-order valence-electron chi connectivity index (χ2n) is 22.0. The summed E-state index contributed by atoms with van der Waals surface area (Å²) in [6, 6.07) is 94.7. The first kappa shape index (κ1) is 45.4. The Balaban J connectivity index is 0.647. The van der Waals surface area contributed by atoms with Crippen LogP contribution >= 0.6 is 0 Å². The van der Waals surface area contributed by atoms with Crippen molar-refractivity contribution in [2.45, 2.75) is 31.1 Å². The summed E-state index contributed by atoms with van der Waals surface area (Å²) >= 11 is 0. The minimum Gasteiger partial charge on any atom is -0.309 e. The van der Waals surface area contributed by atoms with Crippen molar-refractivity contribution in [1.82, 2.24) is 9.13 Å². The molecule has 1 fully saturated rings. The van der Waals surface area contributed by atoms with E-state index in [2.05, 4.69) is 288 Å². The number of hydrogen-bond acceptors (Lipinski definition) is 0. The summed E-state index contributed by atoms with van der Waals surface area (Å²) in [7, 11) is 0. The Labute approximate surface area is 460 Å². The number of nitrogens with zero attached hydrogens (tertiary/aromatic N) is 2. The summed E-state index contributed by atoms with van der Waals surface area (Å²) in [5, 5.41) is 10.1. The highest BCUT2D eigenvalue weighted by molar-refractivity contribution is 6.13. The molecule has 0 N–H and O–H groups in total. The number of benzene rings is 12. The van der Waals surface area contributed by atoms with Gasteiger partial charge in [0.25, 0.3) is 0 Å². The van der Waals surface area contributed by atoms with E-state index in [0.717, 1.165) is 0 Å². The molecule has 0 aliphatic heterocycles. The van der Waals surface area contributed by atoms with E-state index in [4.69, 9.17) is 0 Å². The molecule has 0 unspecified atom stereocenters. The van der Waals surface area contributed by atoms with Crippen LogP contribution in [0, 0.1) is 0 Å². The molecular weight excluding hydrogens is 953 g/mol. The maximum Gasteiger partial charge on any atom is 0.0541 e. The van der Waals surface area contributed by atoms with Gasteiger partial charge in [0.2, 0.25) is 0 Å². The van der Waals surface area contributed by atoms with E-state index >= 15 is 0 Å². The second-order valence-corrected chi connectivity index (χ2v) is 22.0. The number of fused-ring (bicyclic) bond motifs is 13. The number of aromatic nitrogens is 2. The van der Waals surface area contributed by atoms with E-state index in [0.29, 0.717) is 0 Å². The van der Waals surface area contributed by atoms with Gasteiger partial charge in [-0.25, -0.2) is 0 Å². The summed E-state index contributed by atoms with van der Waals surface area (Å²) in [4.78, 5) is 0. The van der Waals surface area contributed by atoms with Gasteiger partial charge in [0.05, 0.1) is 33.4 Å². The van der Waals surface area contributed by atoms with Crippen LogP contribution < -0.4 is 0 Å². The summed E-state index contributed by atoms with van der Waals surface area (Å²) in [5.41, 5.74) is 23.0. The summed E-state index contributed by atoms with van der Waals surface area (Å²) in [5.74, 6) is 0. The molecule has 372 valence electrons. The molecule has 0 radical (unpaired) electrons. The van der Waals surface area contributed by atoms with Crippen LogP contribution in [0.25, 0.3) is 134 Å². The molecule has 2 aliphatic rings. The predicted molar refractivity (Wildman–Crippen MR) is 336 cm³/mol. The highest BCUT2D eigenvalue weighted by Gasteiger charge is 2.45. The van der Waals surface area contributed by atoms with Crippen LogP contribution in [0.15, 0.2) is 255 Å². The van der Waals surface area contributed by atoms with Gasteiger partial charge in [0.15, 0.2) is 0 Å². The third kappa shape index (κ3) is 7.39. The lowest BCUT2D eigenvalue weighted by molar-refractivity contribution is 0.550. The molecule has 2 heteroatoms. The molecule has 2 nitrogen and oxygen atoms in total. The van der Waals surface area contributed by atoms with Crippen LogP contribution in [0.2, 0.25) is 0 Å². The van der Waals surface area contributed by atoms with Gasteiger partial charge in [-0.3, -0.25) is 0 Å². The molecule has 2 heterocycles. The van der Waals surface area contributed by atoms with Crippen LogP contribution in [0.5, 0.6) is 0 Å². The highest BCUT2D eigenvalue weighted by atomic mass is 15.0. The van der Waals surface area contributed by atoms with Crippen LogP contribution in [0.4, 0.5) is 0 Å². The van der Waals surface area contributed by atoms with Crippen molar-refractivity contribution in [3.63, 3.8) is 0 Å². The van der Waals surface area contributed by atoms with Gasteiger partial charge in [0, 0.05) is 37.7 Å². The first-order valence-electron chi connectivity index (χ1n) is 28.0. The maximum atomic E-state index is 2.52. The first-order valence-corrected chi connectivity index (χ1v) is 28.0. The largest absolute Gasteiger partial charge is 0.309 e. The normalized spacial score (nSPS) is 13.9. The van der Waals surface area contributed by atoms with E-state index < -0.39 is 0 Å². The Morgan fingerprint density at radius 1 is 0.278 bits per heavy atom. The van der Waals surface area contributed by atoms with Crippen molar-refractivity contribution in [1.29, 1.82) is 0 Å². The van der Waals surface area contributed by atoms with Crippen LogP contribution in [-0.4, -0.2) is 9.13 Å². The Bertz CT molecular complexity index is 4510. The third-order valence-corrected chi connectivity index (χ3v) is 17.7. The minimum absolute atomic E-state index is 0.0482. The molecule has 0 saturated heterocycles. The van der Waals surface area contributed by atoms with Gasteiger partial charge >= 0.3 is 0 Å². The molecule has 2 aromatic heterocycles. The molecule has 0 bridgehead atoms. The zero-order chi connectivity index (χ0) is 52.0. The van der Waals surface area contributed by atoms with Crippen molar-refractivity contribution in [2.24, 2.45) is 0 Å². The standard InChI is InChI=1S/C77H54N2/c1-3-17-61-57(13-1)15-11-23-71(61)78-73-21-7-5-19-65(73)67-47-53(33-43-75(67)78)27-25-51-29-35-55(36-30-51)59-39-41-63-64-42-40-60(50-70(64)77(69(63)49-59)45-9-10-46-77)56-37-31-52(32-38-56)26-28-54-34-44-76-68(48-54)66-20-6-8-22-74(66)79(76)72-24-12-16-58-14-2-4-18-62(58)72/h1-8,11-44,47-50H,9-10,45-46H2/b27-25+,28-26+. The lowest BCUT2D eigenvalue weighted by atomic mass is 9.75. The third-order valence-electron chi connectivity index (χ3n) is 17.7. The molecule has 1 spiro atoms. The van der Waals surface area contributed by atoms with Crippen LogP contribution in [-0.2, 0) is 5.41 Å². The van der Waals surface area contributed by atoms with E-state index in [-0.39, 0.29) is 5.41 Å². The molecule has 2 aliphatic carbocycles. The zero-order valence-electron chi connectivity index (χ0n) is 43.8. The molecule has 16 rings (SSSR count). The van der Waals surface area contributed by atoms with Gasteiger partial charge in [0.1, 0.15) is 0 Å². The topological polar surface area (TPSA) is 9.86 Å². The Morgan fingerprint density at radius 2 is 0.646 bits per heavy atom. The van der Waals surface area contributed by atoms with Crippen molar-refractivity contribution in [3.05, 3.63) is 288 Å². The van der Waals surface area contributed by atoms with Crippen LogP contribution in [0.3, 0.4) is 0 Å². The lowest BCUT2D eigenvalue weighted by Gasteiger charge is -2.27. The smallest absolute Gasteiger partial charge is 0.0541 e. The minimum atomic E-state index is 0.0482. The van der Waals surface area contributed by atoms with Crippen molar-refractivity contribution in [2.75, 3.05) is 0 Å². The molecule has 14 aromatic rings. The van der Waals surface area contributed by atoms with Crippen molar-refractivity contribution >= 4 is 89.5 Å². The molecular formula is C77H54N2. The summed E-state index contributed by atoms with van der Waals surface area (Å²) in [6.45, 7) is 0. The Morgan fingerprint density at radius 3 is 1.11 bits per heavy atom. The van der Waals surface area contributed by atoms with Crippen molar-refractivity contribution in [3.8, 4) is 44.8 Å². The quantitative estimate of drug-likeness (QED) is 0.134. The van der Waals surface area contributed by atoms with Gasteiger partial charge < -0.3 is 9.13 Å². The molecule has 1 saturated carbocycles. The SMILES string of the molecule is C(=C\c1ccc2c(c1)c1ccccc1n2-c1cccc2ccccc12)/c1ccc(-c2ccc3c(c2)C2(CCCC2)c2cc(-c4ccc(/C=C/c5ccc6c(c5)c5ccccc5n6-c5cccc6ccccc56)cc4)ccc2-3)cc1. The average Bonchev–Trinajstić information content (AvgIpc) is 4.41. The average molecular weight is 1010 g/mol.